The molecule has 0 aliphatic heterocycles. The molecule has 0 spiro atoms. The molecule has 1 aromatic rings. The molecule has 0 aromatic heterocycles. The van der Waals surface area contributed by atoms with E-state index >= 15 is 0 Å². The van der Waals surface area contributed by atoms with E-state index in [2.05, 4.69) is 12.2 Å². The van der Waals surface area contributed by atoms with Crippen LogP contribution in [0.5, 0.6) is 0 Å². The Hall–Kier alpha value is -1.09. The van der Waals surface area contributed by atoms with Crippen molar-refractivity contribution in [3.63, 3.8) is 0 Å². The Labute approximate surface area is 90.4 Å². The van der Waals surface area contributed by atoms with Gasteiger partial charge in [0.05, 0.1) is 6.61 Å². The number of hydrogen-bond acceptors (Lipinski definition) is 2. The summed E-state index contributed by atoms with van der Waals surface area (Å²) in [6, 6.07) is 5.04. The molecular formula is C12H18FNO. The second-order valence-corrected chi connectivity index (χ2v) is 3.66. The van der Waals surface area contributed by atoms with Gasteiger partial charge < -0.3 is 10.1 Å². The van der Waals surface area contributed by atoms with Crippen LogP contribution in [0.1, 0.15) is 18.9 Å². The highest BCUT2D eigenvalue weighted by molar-refractivity contribution is 5.51. The molecule has 0 fully saturated rings. The molecule has 84 valence electrons. The Morgan fingerprint density at radius 1 is 1.47 bits per heavy atom. The van der Waals surface area contributed by atoms with Gasteiger partial charge in [0.15, 0.2) is 0 Å². The fourth-order valence-electron chi connectivity index (χ4n) is 1.47. The van der Waals surface area contributed by atoms with E-state index in [9.17, 15) is 4.39 Å². The van der Waals surface area contributed by atoms with Crippen molar-refractivity contribution in [2.24, 2.45) is 0 Å². The first kappa shape index (κ1) is 12.0. The largest absolute Gasteiger partial charge is 0.383 e. The molecule has 1 rings (SSSR count). The number of methoxy groups -OCH3 is 1. The lowest BCUT2D eigenvalue weighted by molar-refractivity contribution is 0.184. The lowest BCUT2D eigenvalue weighted by atomic mass is 10.1. The Bertz CT molecular complexity index is 314. The second kappa shape index (κ2) is 5.71. The van der Waals surface area contributed by atoms with Crippen LogP contribution in [0.15, 0.2) is 18.2 Å². The van der Waals surface area contributed by atoms with Gasteiger partial charge in [0.1, 0.15) is 5.82 Å². The van der Waals surface area contributed by atoms with Gasteiger partial charge in [-0.15, -0.1) is 0 Å². The molecule has 0 aliphatic rings. The molecule has 0 saturated heterocycles. The van der Waals surface area contributed by atoms with Gasteiger partial charge in [0, 0.05) is 18.8 Å². The van der Waals surface area contributed by atoms with Crippen LogP contribution >= 0.6 is 0 Å². The fraction of sp³-hybridized carbons (Fsp3) is 0.500. The van der Waals surface area contributed by atoms with Crippen molar-refractivity contribution in [2.75, 3.05) is 19.0 Å². The summed E-state index contributed by atoms with van der Waals surface area (Å²) in [6.07, 6.45) is 0.977. The Balaban J connectivity index is 2.70. The summed E-state index contributed by atoms with van der Waals surface area (Å²) < 4.78 is 18.0. The van der Waals surface area contributed by atoms with E-state index in [1.807, 2.05) is 6.92 Å². The summed E-state index contributed by atoms with van der Waals surface area (Å²) in [7, 11) is 1.68. The molecule has 1 N–H and O–H groups in total. The first-order valence-electron chi connectivity index (χ1n) is 5.19. The number of benzene rings is 1. The molecule has 0 aliphatic carbocycles. The van der Waals surface area contributed by atoms with Gasteiger partial charge in [-0.05, 0) is 37.1 Å². The van der Waals surface area contributed by atoms with Crippen molar-refractivity contribution >= 4 is 5.69 Å². The van der Waals surface area contributed by atoms with E-state index in [1.54, 1.807) is 13.2 Å². The average Bonchev–Trinajstić information content (AvgIpc) is 2.21. The molecule has 0 saturated carbocycles. The van der Waals surface area contributed by atoms with E-state index in [-0.39, 0.29) is 11.9 Å². The Morgan fingerprint density at radius 2 is 2.20 bits per heavy atom. The minimum atomic E-state index is -0.196. The molecule has 15 heavy (non-hydrogen) atoms. The molecule has 0 bridgehead atoms. The summed E-state index contributed by atoms with van der Waals surface area (Å²) in [4.78, 5) is 0. The molecule has 1 unspecified atom stereocenters. The summed E-state index contributed by atoms with van der Waals surface area (Å²) in [5.41, 5.74) is 1.89. The number of anilines is 1. The predicted molar refractivity (Wildman–Crippen MR) is 60.7 cm³/mol. The molecular weight excluding hydrogens is 193 g/mol. The normalized spacial score (nSPS) is 12.5. The smallest absolute Gasteiger partial charge is 0.123 e. The second-order valence-electron chi connectivity index (χ2n) is 3.66. The highest BCUT2D eigenvalue weighted by atomic mass is 19.1. The van der Waals surface area contributed by atoms with Gasteiger partial charge in [-0.25, -0.2) is 4.39 Å². The van der Waals surface area contributed by atoms with Crippen molar-refractivity contribution in [3.05, 3.63) is 29.6 Å². The molecule has 0 heterocycles. The fourth-order valence-corrected chi connectivity index (χ4v) is 1.47. The highest BCUT2D eigenvalue weighted by Gasteiger charge is 2.07. The maximum Gasteiger partial charge on any atom is 0.123 e. The quantitative estimate of drug-likeness (QED) is 0.808. The summed E-state index contributed by atoms with van der Waals surface area (Å²) in [6.45, 7) is 4.65. The van der Waals surface area contributed by atoms with Gasteiger partial charge in [-0.3, -0.25) is 0 Å². The lowest BCUT2D eigenvalue weighted by Gasteiger charge is -2.18. The third-order valence-corrected chi connectivity index (χ3v) is 2.41. The van der Waals surface area contributed by atoms with Crippen LogP contribution in [0.2, 0.25) is 0 Å². The van der Waals surface area contributed by atoms with E-state index in [0.29, 0.717) is 6.61 Å². The van der Waals surface area contributed by atoms with E-state index in [4.69, 9.17) is 4.74 Å². The number of hydrogen-bond donors (Lipinski definition) is 1. The van der Waals surface area contributed by atoms with E-state index < -0.39 is 0 Å². The first-order valence-corrected chi connectivity index (χ1v) is 5.19. The zero-order chi connectivity index (χ0) is 11.3. The Kier molecular flexibility index (Phi) is 4.56. The van der Waals surface area contributed by atoms with Crippen LogP contribution in [0.4, 0.5) is 10.1 Å². The summed E-state index contributed by atoms with van der Waals surface area (Å²) in [5.74, 6) is -0.196. The van der Waals surface area contributed by atoms with Gasteiger partial charge in [0.25, 0.3) is 0 Å². The summed E-state index contributed by atoms with van der Waals surface area (Å²) >= 11 is 0. The Morgan fingerprint density at radius 3 is 2.73 bits per heavy atom. The third kappa shape index (κ3) is 3.51. The van der Waals surface area contributed by atoms with Crippen molar-refractivity contribution in [2.45, 2.75) is 26.3 Å². The molecule has 0 radical (unpaired) electrons. The molecule has 2 nitrogen and oxygen atoms in total. The molecule has 0 amide bonds. The number of rotatable bonds is 5. The van der Waals surface area contributed by atoms with E-state index in [1.165, 1.54) is 12.1 Å². The SMILES string of the molecule is CCC(COC)Nc1ccc(F)cc1C. The number of aryl methyl sites for hydroxylation is 1. The number of halogens is 1. The van der Waals surface area contributed by atoms with Gasteiger partial charge >= 0.3 is 0 Å². The zero-order valence-corrected chi connectivity index (χ0v) is 9.51. The van der Waals surface area contributed by atoms with Gasteiger partial charge in [0.2, 0.25) is 0 Å². The minimum absolute atomic E-state index is 0.196. The van der Waals surface area contributed by atoms with Gasteiger partial charge in [-0.1, -0.05) is 6.92 Å². The van der Waals surface area contributed by atoms with Gasteiger partial charge in [-0.2, -0.15) is 0 Å². The standard InChI is InChI=1S/C12H18FNO/c1-4-11(8-15-3)14-12-6-5-10(13)7-9(12)2/h5-7,11,14H,4,8H2,1-3H3. The maximum atomic E-state index is 12.9. The highest BCUT2D eigenvalue weighted by Crippen LogP contribution is 2.17. The molecule has 3 heteroatoms. The lowest BCUT2D eigenvalue weighted by Crippen LogP contribution is -2.24. The average molecular weight is 211 g/mol. The maximum absolute atomic E-state index is 12.9. The zero-order valence-electron chi connectivity index (χ0n) is 9.51. The van der Waals surface area contributed by atoms with Crippen LogP contribution in [0, 0.1) is 12.7 Å². The number of nitrogens with one attached hydrogen (secondary N) is 1. The first-order chi connectivity index (χ1) is 7.17. The summed E-state index contributed by atoms with van der Waals surface area (Å²) in [5, 5.41) is 3.33. The van der Waals surface area contributed by atoms with Crippen LogP contribution in [-0.2, 0) is 4.74 Å². The molecule has 1 atom stereocenters. The predicted octanol–water partition coefficient (Wildman–Crippen LogP) is 2.97. The van der Waals surface area contributed by atoms with Crippen molar-refractivity contribution < 1.29 is 9.13 Å². The minimum Gasteiger partial charge on any atom is -0.383 e. The van der Waals surface area contributed by atoms with Crippen molar-refractivity contribution in [3.8, 4) is 0 Å². The van der Waals surface area contributed by atoms with Crippen LogP contribution in [-0.4, -0.2) is 19.8 Å². The number of ether oxygens (including phenoxy) is 1. The topological polar surface area (TPSA) is 21.3 Å². The van der Waals surface area contributed by atoms with Crippen LogP contribution in [0.3, 0.4) is 0 Å². The van der Waals surface area contributed by atoms with Crippen molar-refractivity contribution in [1.29, 1.82) is 0 Å². The van der Waals surface area contributed by atoms with Crippen LogP contribution < -0.4 is 5.32 Å². The third-order valence-electron chi connectivity index (χ3n) is 2.41. The van der Waals surface area contributed by atoms with Crippen LogP contribution in [0.25, 0.3) is 0 Å². The van der Waals surface area contributed by atoms with E-state index in [0.717, 1.165) is 17.7 Å². The van der Waals surface area contributed by atoms with Crippen molar-refractivity contribution in [1.82, 2.24) is 0 Å². The monoisotopic (exact) mass is 211 g/mol. The molecule has 1 aromatic carbocycles.